The summed E-state index contributed by atoms with van der Waals surface area (Å²) in [5.41, 5.74) is 3.29. The molecule has 1 amide bonds. The number of fused-ring (bicyclic) bond motifs is 1. The standard InChI is InChI=1S/C21H24N6O2/c1-14(10-18(28)22-2)16-7-3-4-8-17(16)29-11-15-6-5-9-27(15)21-19-20(24-12-23-19)25-13-26-21/h3-4,7-8,10,12-13,15H,5-6,9,11H2,1-2H3,(H,22,28)(H,23,24,25,26). The van der Waals surface area contributed by atoms with Crippen molar-refractivity contribution in [3.8, 4) is 5.75 Å². The predicted octanol–water partition coefficient (Wildman–Crippen LogP) is 2.55. The van der Waals surface area contributed by atoms with Crippen LogP contribution >= 0.6 is 0 Å². The zero-order valence-electron chi connectivity index (χ0n) is 16.6. The Morgan fingerprint density at radius 3 is 3.07 bits per heavy atom. The lowest BCUT2D eigenvalue weighted by molar-refractivity contribution is -0.116. The Morgan fingerprint density at radius 2 is 2.21 bits per heavy atom. The van der Waals surface area contributed by atoms with Crippen molar-refractivity contribution in [1.29, 1.82) is 0 Å². The van der Waals surface area contributed by atoms with E-state index in [1.165, 1.54) is 0 Å². The molecule has 150 valence electrons. The Labute approximate surface area is 169 Å². The lowest BCUT2D eigenvalue weighted by Crippen LogP contribution is -2.35. The van der Waals surface area contributed by atoms with Crippen molar-refractivity contribution in [1.82, 2.24) is 25.3 Å². The highest BCUT2D eigenvalue weighted by Crippen LogP contribution is 2.30. The van der Waals surface area contributed by atoms with Gasteiger partial charge in [0.15, 0.2) is 11.5 Å². The number of allylic oxidation sites excluding steroid dienone is 1. The van der Waals surface area contributed by atoms with Crippen LogP contribution < -0.4 is 15.0 Å². The third-order valence-electron chi connectivity index (χ3n) is 5.19. The molecule has 2 aromatic heterocycles. The molecule has 0 aliphatic carbocycles. The van der Waals surface area contributed by atoms with Crippen LogP contribution in [0.2, 0.25) is 0 Å². The lowest BCUT2D eigenvalue weighted by Gasteiger charge is -2.26. The SMILES string of the molecule is CNC(=O)C=C(C)c1ccccc1OCC1CCCN1c1ncnc2nc[nH]c12. The van der Waals surface area contributed by atoms with Crippen LogP contribution in [0.4, 0.5) is 5.82 Å². The second-order valence-corrected chi connectivity index (χ2v) is 7.04. The van der Waals surface area contributed by atoms with Gasteiger partial charge in [0.05, 0.1) is 12.4 Å². The van der Waals surface area contributed by atoms with Crippen LogP contribution in [-0.2, 0) is 4.79 Å². The van der Waals surface area contributed by atoms with E-state index in [1.807, 2.05) is 31.2 Å². The van der Waals surface area contributed by atoms with E-state index in [9.17, 15) is 4.79 Å². The van der Waals surface area contributed by atoms with E-state index in [0.29, 0.717) is 12.3 Å². The lowest BCUT2D eigenvalue weighted by atomic mass is 10.1. The number of benzene rings is 1. The molecule has 1 saturated heterocycles. The molecule has 29 heavy (non-hydrogen) atoms. The number of H-pyrrole nitrogens is 1. The van der Waals surface area contributed by atoms with Crippen molar-refractivity contribution in [2.45, 2.75) is 25.8 Å². The first kappa shape index (κ1) is 18.9. The van der Waals surface area contributed by atoms with Crippen molar-refractivity contribution in [3.05, 3.63) is 48.6 Å². The molecule has 2 N–H and O–H groups in total. The van der Waals surface area contributed by atoms with E-state index in [-0.39, 0.29) is 11.9 Å². The number of ether oxygens (including phenoxy) is 1. The van der Waals surface area contributed by atoms with E-state index in [4.69, 9.17) is 4.74 Å². The van der Waals surface area contributed by atoms with E-state index in [1.54, 1.807) is 25.8 Å². The Kier molecular flexibility index (Phi) is 5.41. The highest BCUT2D eigenvalue weighted by molar-refractivity contribution is 5.95. The van der Waals surface area contributed by atoms with Gasteiger partial charge in [-0.2, -0.15) is 0 Å². The first-order valence-electron chi connectivity index (χ1n) is 9.70. The van der Waals surface area contributed by atoms with E-state index in [0.717, 1.165) is 47.6 Å². The Hall–Kier alpha value is -3.42. The van der Waals surface area contributed by atoms with Gasteiger partial charge < -0.3 is 19.9 Å². The molecular weight excluding hydrogens is 368 g/mol. The molecule has 1 aliphatic heterocycles. The number of aromatic amines is 1. The fraction of sp³-hybridized carbons (Fsp3) is 0.333. The second-order valence-electron chi connectivity index (χ2n) is 7.04. The van der Waals surface area contributed by atoms with Gasteiger partial charge in [-0.15, -0.1) is 0 Å². The summed E-state index contributed by atoms with van der Waals surface area (Å²) < 4.78 is 6.22. The first-order valence-corrected chi connectivity index (χ1v) is 9.70. The first-order chi connectivity index (χ1) is 14.2. The molecule has 0 spiro atoms. The average Bonchev–Trinajstić information content (AvgIpc) is 3.41. The number of rotatable bonds is 6. The number of likely N-dealkylation sites (N-methyl/N-ethyl adjacent to an activating group) is 1. The summed E-state index contributed by atoms with van der Waals surface area (Å²) in [7, 11) is 1.62. The maximum Gasteiger partial charge on any atom is 0.244 e. The molecule has 1 atom stereocenters. The minimum absolute atomic E-state index is 0.133. The van der Waals surface area contributed by atoms with Crippen molar-refractivity contribution < 1.29 is 9.53 Å². The molecule has 8 nitrogen and oxygen atoms in total. The number of nitrogens with one attached hydrogen (secondary N) is 2. The topological polar surface area (TPSA) is 96.0 Å². The van der Waals surface area contributed by atoms with E-state index in [2.05, 4.69) is 30.2 Å². The van der Waals surface area contributed by atoms with Crippen LogP contribution in [-0.4, -0.2) is 52.1 Å². The summed E-state index contributed by atoms with van der Waals surface area (Å²) >= 11 is 0. The molecule has 0 bridgehead atoms. The quantitative estimate of drug-likeness (QED) is 0.626. The zero-order valence-corrected chi connectivity index (χ0v) is 16.6. The molecule has 3 aromatic rings. The number of carbonyl (C=O) groups excluding carboxylic acids is 1. The number of carbonyl (C=O) groups is 1. The second kappa shape index (κ2) is 8.30. The van der Waals surface area contributed by atoms with Crippen LogP contribution in [0.1, 0.15) is 25.3 Å². The van der Waals surface area contributed by atoms with E-state index >= 15 is 0 Å². The van der Waals surface area contributed by atoms with Crippen molar-refractivity contribution >= 4 is 28.5 Å². The van der Waals surface area contributed by atoms with Crippen LogP contribution in [0.5, 0.6) is 5.75 Å². The molecule has 1 aromatic carbocycles. The molecule has 1 unspecified atom stereocenters. The molecule has 4 rings (SSSR count). The number of hydrogen-bond acceptors (Lipinski definition) is 6. The van der Waals surface area contributed by atoms with Gasteiger partial charge in [0.2, 0.25) is 5.91 Å². The van der Waals surface area contributed by atoms with Crippen molar-refractivity contribution in [3.63, 3.8) is 0 Å². The maximum atomic E-state index is 11.7. The van der Waals surface area contributed by atoms with Crippen LogP contribution in [0.25, 0.3) is 16.7 Å². The summed E-state index contributed by atoms with van der Waals surface area (Å²) in [6, 6.07) is 7.99. The maximum absolute atomic E-state index is 11.7. The third-order valence-corrected chi connectivity index (χ3v) is 5.19. The highest BCUT2D eigenvalue weighted by Gasteiger charge is 2.28. The molecule has 1 aliphatic rings. The molecule has 3 heterocycles. The van der Waals surface area contributed by atoms with Gasteiger partial charge in [-0.25, -0.2) is 15.0 Å². The smallest absolute Gasteiger partial charge is 0.244 e. The number of nitrogens with zero attached hydrogens (tertiary/aromatic N) is 4. The van der Waals surface area contributed by atoms with E-state index < -0.39 is 0 Å². The van der Waals surface area contributed by atoms with Gasteiger partial charge in [0, 0.05) is 25.2 Å². The molecule has 1 fully saturated rings. The number of aromatic nitrogens is 4. The minimum atomic E-state index is -0.133. The monoisotopic (exact) mass is 392 g/mol. The molecule has 0 saturated carbocycles. The molecular formula is C21H24N6O2. The summed E-state index contributed by atoms with van der Waals surface area (Å²) in [5.74, 6) is 1.50. The summed E-state index contributed by atoms with van der Waals surface area (Å²) in [5, 5.41) is 2.62. The Morgan fingerprint density at radius 1 is 1.34 bits per heavy atom. The molecule has 0 radical (unpaired) electrons. The molecule has 8 heteroatoms. The fourth-order valence-electron chi connectivity index (χ4n) is 3.71. The van der Waals surface area contributed by atoms with Gasteiger partial charge >= 0.3 is 0 Å². The number of para-hydroxylation sites is 1. The van der Waals surface area contributed by atoms with Crippen LogP contribution in [0.15, 0.2) is 43.0 Å². The van der Waals surface area contributed by atoms with Crippen LogP contribution in [0.3, 0.4) is 0 Å². The van der Waals surface area contributed by atoms with Gasteiger partial charge in [-0.1, -0.05) is 18.2 Å². The third kappa shape index (κ3) is 3.91. The predicted molar refractivity (Wildman–Crippen MR) is 112 cm³/mol. The number of hydrogen-bond donors (Lipinski definition) is 2. The Bertz CT molecular complexity index is 1040. The van der Waals surface area contributed by atoms with Gasteiger partial charge in [0.25, 0.3) is 0 Å². The van der Waals surface area contributed by atoms with Crippen molar-refractivity contribution in [2.75, 3.05) is 25.1 Å². The minimum Gasteiger partial charge on any atom is -0.491 e. The van der Waals surface area contributed by atoms with Gasteiger partial charge in [0.1, 0.15) is 24.2 Å². The normalized spacial score (nSPS) is 17.0. The summed E-state index contributed by atoms with van der Waals surface area (Å²) in [6.07, 6.45) is 6.87. The largest absolute Gasteiger partial charge is 0.491 e. The van der Waals surface area contributed by atoms with Crippen LogP contribution in [0, 0.1) is 0 Å². The number of imidazole rings is 1. The zero-order chi connectivity index (χ0) is 20.2. The number of anilines is 1. The summed E-state index contributed by atoms with van der Waals surface area (Å²) in [6.45, 7) is 3.36. The highest BCUT2D eigenvalue weighted by atomic mass is 16.5. The van der Waals surface area contributed by atoms with Gasteiger partial charge in [-0.05, 0) is 31.4 Å². The summed E-state index contributed by atoms with van der Waals surface area (Å²) in [4.78, 5) is 30.0. The fourth-order valence-corrected chi connectivity index (χ4v) is 3.71. The number of amides is 1. The average molecular weight is 392 g/mol. The van der Waals surface area contributed by atoms with Crippen molar-refractivity contribution in [2.24, 2.45) is 0 Å². The van der Waals surface area contributed by atoms with Gasteiger partial charge in [-0.3, -0.25) is 4.79 Å². The Balaban J connectivity index is 1.53.